The molecule has 1 atom stereocenters. The summed E-state index contributed by atoms with van der Waals surface area (Å²) in [6.07, 6.45) is 0.567. The van der Waals surface area contributed by atoms with Gasteiger partial charge in [0, 0.05) is 17.4 Å². The number of nitrogens with zero attached hydrogens (tertiary/aromatic N) is 1. The Balaban J connectivity index is 2.44. The summed E-state index contributed by atoms with van der Waals surface area (Å²) in [4.78, 5) is 11.0. The van der Waals surface area contributed by atoms with Crippen LogP contribution in [0.1, 0.15) is 34.2 Å². The van der Waals surface area contributed by atoms with Crippen LogP contribution in [0.15, 0.2) is 6.07 Å². The summed E-state index contributed by atoms with van der Waals surface area (Å²) in [6.45, 7) is 3.53. The third kappa shape index (κ3) is 2.09. The molecule has 0 radical (unpaired) electrons. The van der Waals surface area contributed by atoms with Crippen molar-refractivity contribution in [2.24, 2.45) is 0 Å². The van der Waals surface area contributed by atoms with E-state index < -0.39 is 15.8 Å². The molecule has 1 aliphatic rings. The molecule has 94 valence electrons. The number of hydrogen-bond donors (Lipinski definition) is 1. The van der Waals surface area contributed by atoms with Crippen molar-refractivity contribution in [3.63, 3.8) is 0 Å². The predicted molar refractivity (Wildman–Crippen MR) is 63.2 cm³/mol. The van der Waals surface area contributed by atoms with E-state index in [1.807, 2.05) is 11.5 Å². The summed E-state index contributed by atoms with van der Waals surface area (Å²) in [5, 5.41) is 9.02. The second kappa shape index (κ2) is 3.87. The molecule has 0 spiro atoms. The van der Waals surface area contributed by atoms with Crippen molar-refractivity contribution in [1.82, 2.24) is 4.57 Å². The molecule has 6 heteroatoms. The third-order valence-corrected chi connectivity index (χ3v) is 5.04. The monoisotopic (exact) mass is 257 g/mol. The molecule has 17 heavy (non-hydrogen) atoms. The highest BCUT2D eigenvalue weighted by atomic mass is 32.2. The third-order valence-electron chi connectivity index (χ3n) is 3.29. The molecular formula is C11H15NO4S. The number of aromatic carboxylic acids is 1. The maximum Gasteiger partial charge on any atom is 0.337 e. The van der Waals surface area contributed by atoms with Gasteiger partial charge in [-0.25, -0.2) is 13.2 Å². The molecule has 1 saturated heterocycles. The zero-order valence-corrected chi connectivity index (χ0v) is 10.6. The minimum Gasteiger partial charge on any atom is -0.478 e. The van der Waals surface area contributed by atoms with Crippen LogP contribution in [-0.2, 0) is 9.84 Å². The first-order valence-corrected chi connectivity index (χ1v) is 7.26. The van der Waals surface area contributed by atoms with Crippen LogP contribution in [-0.4, -0.2) is 35.6 Å². The summed E-state index contributed by atoms with van der Waals surface area (Å²) in [5.41, 5.74) is 1.70. The Kier molecular flexibility index (Phi) is 2.77. The molecule has 2 heterocycles. The first-order valence-electron chi connectivity index (χ1n) is 5.44. The van der Waals surface area contributed by atoms with Gasteiger partial charge in [0.2, 0.25) is 0 Å². The van der Waals surface area contributed by atoms with E-state index in [0.717, 1.165) is 5.69 Å². The number of carbonyl (C=O) groups is 1. The normalized spacial score (nSPS) is 22.8. The minimum absolute atomic E-state index is 0.114. The molecule has 1 aromatic rings. The summed E-state index contributed by atoms with van der Waals surface area (Å²) in [6, 6.07) is 1.48. The van der Waals surface area contributed by atoms with Crippen LogP contribution in [0, 0.1) is 13.8 Å². The Bertz CT molecular complexity index is 571. The van der Waals surface area contributed by atoms with Crippen LogP contribution in [0.4, 0.5) is 0 Å². The number of carboxylic acids is 1. The average molecular weight is 257 g/mol. The lowest BCUT2D eigenvalue weighted by Gasteiger charge is -2.15. The Morgan fingerprint density at radius 3 is 2.53 bits per heavy atom. The number of aryl methyl sites for hydroxylation is 1. The van der Waals surface area contributed by atoms with E-state index in [-0.39, 0.29) is 23.1 Å². The molecule has 1 aliphatic heterocycles. The van der Waals surface area contributed by atoms with Crippen molar-refractivity contribution in [3.8, 4) is 0 Å². The second-order valence-corrected chi connectivity index (χ2v) is 6.75. The summed E-state index contributed by atoms with van der Waals surface area (Å²) in [5.74, 6) is -0.662. The molecule has 0 amide bonds. The van der Waals surface area contributed by atoms with Gasteiger partial charge in [0.25, 0.3) is 0 Å². The first-order chi connectivity index (χ1) is 7.82. The predicted octanol–water partition coefficient (Wildman–Crippen LogP) is 1.16. The van der Waals surface area contributed by atoms with Crippen molar-refractivity contribution >= 4 is 15.8 Å². The summed E-state index contributed by atoms with van der Waals surface area (Å²) < 4.78 is 24.7. The van der Waals surface area contributed by atoms with Crippen LogP contribution >= 0.6 is 0 Å². The lowest BCUT2D eigenvalue weighted by molar-refractivity contribution is 0.0696. The summed E-state index contributed by atoms with van der Waals surface area (Å²) in [7, 11) is -2.96. The first kappa shape index (κ1) is 12.2. The number of carboxylic acid groups (broad SMARTS) is 1. The zero-order valence-electron chi connectivity index (χ0n) is 9.80. The molecule has 2 rings (SSSR count). The summed E-state index contributed by atoms with van der Waals surface area (Å²) >= 11 is 0. The van der Waals surface area contributed by atoms with E-state index in [0.29, 0.717) is 12.1 Å². The van der Waals surface area contributed by atoms with Crippen molar-refractivity contribution in [2.75, 3.05) is 11.5 Å². The fourth-order valence-corrected chi connectivity index (χ4v) is 4.23. The maximum absolute atomic E-state index is 11.4. The molecule has 1 fully saturated rings. The molecule has 1 N–H and O–H groups in total. The van der Waals surface area contributed by atoms with Crippen LogP contribution in [0.5, 0.6) is 0 Å². The van der Waals surface area contributed by atoms with Gasteiger partial charge in [-0.3, -0.25) is 0 Å². The van der Waals surface area contributed by atoms with E-state index in [1.54, 1.807) is 13.0 Å². The van der Waals surface area contributed by atoms with Crippen molar-refractivity contribution in [1.29, 1.82) is 0 Å². The molecule has 1 aromatic heterocycles. The van der Waals surface area contributed by atoms with Crippen molar-refractivity contribution in [3.05, 3.63) is 23.0 Å². The van der Waals surface area contributed by atoms with Gasteiger partial charge >= 0.3 is 5.97 Å². The lowest BCUT2D eigenvalue weighted by atomic mass is 10.2. The maximum atomic E-state index is 11.4. The average Bonchev–Trinajstić information content (AvgIpc) is 2.67. The lowest BCUT2D eigenvalue weighted by Crippen LogP contribution is -2.14. The SMILES string of the molecule is Cc1cc(C(=O)O)c(C)n1C1CCS(=O)(=O)C1. The van der Waals surface area contributed by atoms with E-state index in [1.165, 1.54) is 0 Å². The highest BCUT2D eigenvalue weighted by molar-refractivity contribution is 7.91. The highest BCUT2D eigenvalue weighted by Crippen LogP contribution is 2.28. The van der Waals surface area contributed by atoms with Gasteiger partial charge in [-0.15, -0.1) is 0 Å². The minimum atomic E-state index is -2.96. The number of sulfone groups is 1. The second-order valence-electron chi connectivity index (χ2n) is 4.52. The largest absolute Gasteiger partial charge is 0.478 e. The number of hydrogen-bond acceptors (Lipinski definition) is 3. The van der Waals surface area contributed by atoms with Gasteiger partial charge in [-0.05, 0) is 26.3 Å². The number of rotatable bonds is 2. The van der Waals surface area contributed by atoms with Gasteiger partial charge in [-0.2, -0.15) is 0 Å². The topological polar surface area (TPSA) is 76.4 Å². The molecule has 1 unspecified atom stereocenters. The van der Waals surface area contributed by atoms with E-state index >= 15 is 0 Å². The Labute approximate surface area is 100.0 Å². The number of aromatic nitrogens is 1. The Morgan fingerprint density at radius 1 is 1.47 bits per heavy atom. The van der Waals surface area contributed by atoms with Crippen molar-refractivity contribution in [2.45, 2.75) is 26.3 Å². The van der Waals surface area contributed by atoms with Crippen LogP contribution in [0.25, 0.3) is 0 Å². The van der Waals surface area contributed by atoms with Crippen LogP contribution in [0.2, 0.25) is 0 Å². The molecule has 0 saturated carbocycles. The van der Waals surface area contributed by atoms with Gasteiger partial charge in [0.05, 0.1) is 17.1 Å². The molecular weight excluding hydrogens is 242 g/mol. The molecule has 0 bridgehead atoms. The van der Waals surface area contributed by atoms with Gasteiger partial charge < -0.3 is 9.67 Å². The van der Waals surface area contributed by atoms with Crippen molar-refractivity contribution < 1.29 is 18.3 Å². The smallest absolute Gasteiger partial charge is 0.337 e. The van der Waals surface area contributed by atoms with Crippen LogP contribution in [0.3, 0.4) is 0 Å². The quantitative estimate of drug-likeness (QED) is 0.862. The highest BCUT2D eigenvalue weighted by Gasteiger charge is 2.31. The zero-order chi connectivity index (χ0) is 12.8. The fourth-order valence-electron chi connectivity index (χ4n) is 2.53. The van der Waals surface area contributed by atoms with E-state index in [2.05, 4.69) is 0 Å². The van der Waals surface area contributed by atoms with E-state index in [4.69, 9.17) is 5.11 Å². The van der Waals surface area contributed by atoms with Crippen LogP contribution < -0.4 is 0 Å². The van der Waals surface area contributed by atoms with Gasteiger partial charge in [0.15, 0.2) is 9.84 Å². The van der Waals surface area contributed by atoms with Gasteiger partial charge in [0.1, 0.15) is 0 Å². The van der Waals surface area contributed by atoms with Gasteiger partial charge in [-0.1, -0.05) is 0 Å². The molecule has 0 aliphatic carbocycles. The Hall–Kier alpha value is -1.30. The van der Waals surface area contributed by atoms with E-state index in [9.17, 15) is 13.2 Å². The Morgan fingerprint density at radius 2 is 2.12 bits per heavy atom. The standard InChI is InChI=1S/C11H15NO4S/c1-7-5-10(11(13)14)8(2)12(7)9-3-4-17(15,16)6-9/h5,9H,3-4,6H2,1-2H3,(H,13,14). The molecule has 5 nitrogen and oxygen atoms in total. The molecule has 0 aromatic carbocycles. The fraction of sp³-hybridized carbons (Fsp3) is 0.545.